The van der Waals surface area contributed by atoms with Crippen LogP contribution in [-0.4, -0.2) is 29.9 Å². The SMILES string of the molecule is Cc1ccc(Br)c(NC(C)C(=O)N2CCCCCC2)c1. The third-order valence-electron chi connectivity index (χ3n) is 3.78. The van der Waals surface area contributed by atoms with Crippen molar-refractivity contribution in [1.82, 2.24) is 4.90 Å². The molecule has 0 spiro atoms. The van der Waals surface area contributed by atoms with Crippen LogP contribution in [-0.2, 0) is 4.79 Å². The van der Waals surface area contributed by atoms with Gasteiger partial charge in [-0.05, 0) is 60.3 Å². The van der Waals surface area contributed by atoms with Crippen LogP contribution in [0.15, 0.2) is 22.7 Å². The van der Waals surface area contributed by atoms with Crippen LogP contribution in [0.3, 0.4) is 0 Å². The first-order valence-corrected chi connectivity index (χ1v) is 8.18. The van der Waals surface area contributed by atoms with E-state index in [0.717, 1.165) is 36.1 Å². The molecule has 1 N–H and O–H groups in total. The molecule has 1 aromatic carbocycles. The number of carbonyl (C=O) groups excluding carboxylic acids is 1. The lowest BCUT2D eigenvalue weighted by atomic mass is 10.2. The highest BCUT2D eigenvalue weighted by Crippen LogP contribution is 2.24. The molecule has 0 aliphatic carbocycles. The monoisotopic (exact) mass is 338 g/mol. The standard InChI is InChI=1S/C16H23BrN2O/c1-12-7-8-14(17)15(11-12)18-13(2)16(20)19-9-5-3-4-6-10-19/h7-8,11,13,18H,3-6,9-10H2,1-2H3. The Morgan fingerprint density at radius 3 is 2.55 bits per heavy atom. The molecule has 1 aliphatic rings. The Labute approximate surface area is 129 Å². The van der Waals surface area contributed by atoms with Gasteiger partial charge in [-0.15, -0.1) is 0 Å². The molecule has 1 fully saturated rings. The minimum absolute atomic E-state index is 0.189. The van der Waals surface area contributed by atoms with Crippen LogP contribution < -0.4 is 5.32 Å². The first-order chi connectivity index (χ1) is 9.58. The zero-order valence-electron chi connectivity index (χ0n) is 12.3. The van der Waals surface area contributed by atoms with Crippen molar-refractivity contribution in [3.8, 4) is 0 Å². The molecule has 1 amide bonds. The van der Waals surface area contributed by atoms with E-state index in [1.54, 1.807) is 0 Å². The van der Waals surface area contributed by atoms with Gasteiger partial charge in [-0.25, -0.2) is 0 Å². The average molecular weight is 339 g/mol. The van der Waals surface area contributed by atoms with E-state index < -0.39 is 0 Å². The highest BCUT2D eigenvalue weighted by Gasteiger charge is 2.21. The number of hydrogen-bond donors (Lipinski definition) is 1. The number of benzene rings is 1. The number of aryl methyl sites for hydroxylation is 1. The van der Waals surface area contributed by atoms with Gasteiger partial charge in [-0.1, -0.05) is 18.9 Å². The molecule has 20 heavy (non-hydrogen) atoms. The summed E-state index contributed by atoms with van der Waals surface area (Å²) in [5, 5.41) is 3.33. The Morgan fingerprint density at radius 1 is 1.25 bits per heavy atom. The van der Waals surface area contributed by atoms with Gasteiger partial charge in [0.15, 0.2) is 0 Å². The number of halogens is 1. The Kier molecular flexibility index (Phi) is 5.46. The fourth-order valence-electron chi connectivity index (χ4n) is 2.61. The van der Waals surface area contributed by atoms with E-state index in [1.165, 1.54) is 18.4 Å². The molecule has 2 rings (SSSR count). The van der Waals surface area contributed by atoms with Crippen LogP contribution in [0.1, 0.15) is 38.2 Å². The summed E-state index contributed by atoms with van der Waals surface area (Å²) < 4.78 is 0.999. The van der Waals surface area contributed by atoms with Gasteiger partial charge in [0, 0.05) is 23.2 Å². The summed E-state index contributed by atoms with van der Waals surface area (Å²) in [7, 11) is 0. The molecule has 3 nitrogen and oxygen atoms in total. The fourth-order valence-corrected chi connectivity index (χ4v) is 2.97. The maximum absolute atomic E-state index is 12.5. The van der Waals surface area contributed by atoms with Crippen molar-refractivity contribution in [2.24, 2.45) is 0 Å². The minimum atomic E-state index is -0.189. The lowest BCUT2D eigenvalue weighted by molar-refractivity contribution is -0.131. The van der Waals surface area contributed by atoms with E-state index in [9.17, 15) is 4.79 Å². The topological polar surface area (TPSA) is 32.3 Å². The number of hydrogen-bond acceptors (Lipinski definition) is 2. The van der Waals surface area contributed by atoms with Crippen LogP contribution >= 0.6 is 15.9 Å². The number of nitrogens with zero attached hydrogens (tertiary/aromatic N) is 1. The molecule has 4 heteroatoms. The predicted molar refractivity (Wildman–Crippen MR) is 87.0 cm³/mol. The van der Waals surface area contributed by atoms with Crippen LogP contribution in [0, 0.1) is 6.92 Å². The average Bonchev–Trinajstić information content (AvgIpc) is 2.71. The van der Waals surface area contributed by atoms with Gasteiger partial charge < -0.3 is 10.2 Å². The lowest BCUT2D eigenvalue weighted by Crippen LogP contribution is -2.41. The number of amides is 1. The number of anilines is 1. The second-order valence-electron chi connectivity index (χ2n) is 5.59. The third-order valence-corrected chi connectivity index (χ3v) is 4.47. The van der Waals surface area contributed by atoms with Crippen molar-refractivity contribution in [1.29, 1.82) is 0 Å². The molecule has 0 aromatic heterocycles. The molecule has 1 aromatic rings. The van der Waals surface area contributed by atoms with Gasteiger partial charge in [0.2, 0.25) is 5.91 Å². The molecule has 1 unspecified atom stereocenters. The van der Waals surface area contributed by atoms with Gasteiger partial charge in [0.25, 0.3) is 0 Å². The lowest BCUT2D eigenvalue weighted by Gasteiger charge is -2.25. The quantitative estimate of drug-likeness (QED) is 0.904. The molecule has 110 valence electrons. The molecule has 0 radical (unpaired) electrons. The molecule has 1 atom stereocenters. The minimum Gasteiger partial charge on any atom is -0.373 e. The Balaban J connectivity index is 2.01. The number of likely N-dealkylation sites (tertiary alicyclic amines) is 1. The van der Waals surface area contributed by atoms with E-state index in [0.29, 0.717) is 0 Å². The van der Waals surface area contributed by atoms with Gasteiger partial charge in [0.1, 0.15) is 6.04 Å². The van der Waals surface area contributed by atoms with E-state index >= 15 is 0 Å². The summed E-state index contributed by atoms with van der Waals surface area (Å²) in [6.07, 6.45) is 4.75. The molecule has 1 heterocycles. The summed E-state index contributed by atoms with van der Waals surface area (Å²) in [5.74, 6) is 0.209. The second-order valence-corrected chi connectivity index (χ2v) is 6.44. The van der Waals surface area contributed by atoms with Crippen LogP contribution in [0.5, 0.6) is 0 Å². The van der Waals surface area contributed by atoms with Crippen molar-refractivity contribution in [3.63, 3.8) is 0 Å². The Hall–Kier alpha value is -1.03. The number of nitrogens with one attached hydrogen (secondary N) is 1. The molecule has 0 saturated carbocycles. The van der Waals surface area contributed by atoms with Crippen molar-refractivity contribution >= 4 is 27.5 Å². The van der Waals surface area contributed by atoms with Crippen LogP contribution in [0.25, 0.3) is 0 Å². The van der Waals surface area contributed by atoms with Crippen LogP contribution in [0.4, 0.5) is 5.69 Å². The van der Waals surface area contributed by atoms with E-state index in [-0.39, 0.29) is 11.9 Å². The zero-order chi connectivity index (χ0) is 14.5. The zero-order valence-corrected chi connectivity index (χ0v) is 13.9. The first kappa shape index (κ1) is 15.4. The number of carbonyl (C=O) groups is 1. The van der Waals surface area contributed by atoms with Gasteiger partial charge in [0.05, 0.1) is 0 Å². The first-order valence-electron chi connectivity index (χ1n) is 7.39. The smallest absolute Gasteiger partial charge is 0.244 e. The predicted octanol–water partition coefficient (Wildman–Crippen LogP) is 3.96. The van der Waals surface area contributed by atoms with Gasteiger partial charge in [-0.3, -0.25) is 4.79 Å². The summed E-state index contributed by atoms with van der Waals surface area (Å²) >= 11 is 3.53. The van der Waals surface area contributed by atoms with Crippen LogP contribution in [0.2, 0.25) is 0 Å². The van der Waals surface area contributed by atoms with Gasteiger partial charge in [-0.2, -0.15) is 0 Å². The van der Waals surface area contributed by atoms with Gasteiger partial charge >= 0.3 is 0 Å². The summed E-state index contributed by atoms with van der Waals surface area (Å²) in [6, 6.07) is 5.94. The maximum atomic E-state index is 12.5. The van der Waals surface area contributed by atoms with E-state index in [4.69, 9.17) is 0 Å². The van der Waals surface area contributed by atoms with Crippen molar-refractivity contribution in [2.75, 3.05) is 18.4 Å². The highest BCUT2D eigenvalue weighted by atomic mass is 79.9. The van der Waals surface area contributed by atoms with E-state index in [1.807, 2.05) is 17.9 Å². The summed E-state index contributed by atoms with van der Waals surface area (Å²) in [6.45, 7) is 5.81. The normalized spacial score (nSPS) is 17.4. The molecule has 0 bridgehead atoms. The molecule has 1 aliphatic heterocycles. The van der Waals surface area contributed by atoms with E-state index in [2.05, 4.69) is 40.3 Å². The Morgan fingerprint density at radius 2 is 1.90 bits per heavy atom. The summed E-state index contributed by atoms with van der Waals surface area (Å²) in [5.41, 5.74) is 2.17. The van der Waals surface area contributed by atoms with Crippen molar-refractivity contribution in [3.05, 3.63) is 28.2 Å². The van der Waals surface area contributed by atoms with Crippen molar-refractivity contribution < 1.29 is 4.79 Å². The molecule has 1 saturated heterocycles. The second kappa shape index (κ2) is 7.11. The Bertz CT molecular complexity index is 468. The largest absolute Gasteiger partial charge is 0.373 e. The molecular formula is C16H23BrN2O. The maximum Gasteiger partial charge on any atom is 0.244 e. The third kappa shape index (κ3) is 3.98. The van der Waals surface area contributed by atoms with Crippen molar-refractivity contribution in [2.45, 2.75) is 45.6 Å². The highest BCUT2D eigenvalue weighted by molar-refractivity contribution is 9.10. The summed E-state index contributed by atoms with van der Waals surface area (Å²) in [4.78, 5) is 14.5. The number of rotatable bonds is 3. The fraction of sp³-hybridized carbons (Fsp3) is 0.562. The molecular weight excluding hydrogens is 316 g/mol.